The van der Waals surface area contributed by atoms with Crippen molar-refractivity contribution in [2.24, 2.45) is 10.2 Å². The van der Waals surface area contributed by atoms with Crippen molar-refractivity contribution in [3.05, 3.63) is 47.5 Å². The molecule has 0 unspecified atom stereocenters. The van der Waals surface area contributed by atoms with Gasteiger partial charge in [-0.1, -0.05) is 0 Å². The van der Waals surface area contributed by atoms with Crippen LogP contribution in [0.3, 0.4) is 0 Å². The zero-order chi connectivity index (χ0) is 13.1. The van der Waals surface area contributed by atoms with Crippen LogP contribution in [0.25, 0.3) is 0 Å². The van der Waals surface area contributed by atoms with E-state index in [0.29, 0.717) is 5.69 Å². The third kappa shape index (κ3) is 2.66. The second-order valence-electron chi connectivity index (χ2n) is 4.22. The van der Waals surface area contributed by atoms with Crippen molar-refractivity contribution in [3.63, 3.8) is 0 Å². The van der Waals surface area contributed by atoms with Crippen LogP contribution in [0.15, 0.2) is 46.6 Å². The lowest BCUT2D eigenvalue weighted by Gasteiger charge is -2.05. The maximum atomic E-state index is 9.17. The molecule has 2 aromatic rings. The van der Waals surface area contributed by atoms with E-state index in [1.54, 1.807) is 24.3 Å². The predicted octanol–water partition coefficient (Wildman–Crippen LogP) is 4.01. The molecule has 2 rings (SSSR count). The third-order valence-electron chi connectivity index (χ3n) is 2.63. The first-order valence-corrected chi connectivity index (χ1v) is 5.64. The number of nitrogens with zero attached hydrogens (tertiary/aromatic N) is 2. The zero-order valence-corrected chi connectivity index (χ0v) is 10.4. The molecule has 0 amide bonds. The number of aromatic hydroxyl groups is 1. The number of phenols is 1. The van der Waals surface area contributed by atoms with E-state index in [4.69, 9.17) is 5.73 Å². The van der Waals surface area contributed by atoms with Crippen molar-refractivity contribution >= 4 is 17.1 Å². The van der Waals surface area contributed by atoms with Gasteiger partial charge in [-0.25, -0.2) is 0 Å². The standard InChI is InChI=1S/C14H15N3O/c1-9-7-11(15)8-10(2)14(9)17-16-12-3-5-13(18)6-4-12/h3-8,18H,15H2,1-2H3. The monoisotopic (exact) mass is 241 g/mol. The summed E-state index contributed by atoms with van der Waals surface area (Å²) < 4.78 is 0. The summed E-state index contributed by atoms with van der Waals surface area (Å²) in [5.74, 6) is 0.216. The van der Waals surface area contributed by atoms with Crippen LogP contribution in [0.2, 0.25) is 0 Å². The Labute approximate surface area is 106 Å². The highest BCUT2D eigenvalue weighted by Gasteiger charge is 2.02. The van der Waals surface area contributed by atoms with Crippen molar-refractivity contribution < 1.29 is 5.11 Å². The van der Waals surface area contributed by atoms with E-state index in [1.807, 2.05) is 26.0 Å². The molecule has 0 saturated heterocycles. The highest BCUT2D eigenvalue weighted by molar-refractivity contribution is 5.59. The molecule has 0 bridgehead atoms. The average Bonchev–Trinajstić information content (AvgIpc) is 2.30. The van der Waals surface area contributed by atoms with Gasteiger partial charge < -0.3 is 10.8 Å². The maximum absolute atomic E-state index is 9.17. The Kier molecular flexibility index (Phi) is 3.28. The largest absolute Gasteiger partial charge is 0.508 e. The second-order valence-corrected chi connectivity index (χ2v) is 4.22. The van der Waals surface area contributed by atoms with Crippen LogP contribution in [0, 0.1) is 13.8 Å². The summed E-state index contributed by atoms with van der Waals surface area (Å²) in [6.07, 6.45) is 0. The Morgan fingerprint density at radius 2 is 1.50 bits per heavy atom. The molecule has 18 heavy (non-hydrogen) atoms. The normalized spacial score (nSPS) is 11.0. The summed E-state index contributed by atoms with van der Waals surface area (Å²) >= 11 is 0. The van der Waals surface area contributed by atoms with Crippen LogP contribution in [0.4, 0.5) is 17.1 Å². The first kappa shape index (κ1) is 12.1. The fourth-order valence-electron chi connectivity index (χ4n) is 1.77. The molecule has 2 aromatic carbocycles. The Morgan fingerprint density at radius 1 is 0.944 bits per heavy atom. The Morgan fingerprint density at radius 3 is 2.06 bits per heavy atom. The van der Waals surface area contributed by atoms with Crippen molar-refractivity contribution in [1.82, 2.24) is 0 Å². The molecule has 4 heteroatoms. The van der Waals surface area contributed by atoms with Crippen LogP contribution < -0.4 is 5.73 Å². The summed E-state index contributed by atoms with van der Waals surface area (Å²) in [6.45, 7) is 3.91. The lowest BCUT2D eigenvalue weighted by molar-refractivity contribution is 0.475. The smallest absolute Gasteiger partial charge is 0.115 e. The summed E-state index contributed by atoms with van der Waals surface area (Å²) in [7, 11) is 0. The van der Waals surface area contributed by atoms with Gasteiger partial charge in [0.25, 0.3) is 0 Å². The second kappa shape index (κ2) is 4.87. The van der Waals surface area contributed by atoms with Crippen molar-refractivity contribution in [3.8, 4) is 5.75 Å². The average molecular weight is 241 g/mol. The van der Waals surface area contributed by atoms with Crippen LogP contribution in [-0.4, -0.2) is 5.11 Å². The molecule has 0 aliphatic heterocycles. The molecule has 0 aromatic heterocycles. The van der Waals surface area contributed by atoms with Gasteiger partial charge in [0, 0.05) is 5.69 Å². The summed E-state index contributed by atoms with van der Waals surface area (Å²) in [5, 5.41) is 17.6. The van der Waals surface area contributed by atoms with Crippen molar-refractivity contribution in [2.75, 3.05) is 5.73 Å². The van der Waals surface area contributed by atoms with Gasteiger partial charge in [0.15, 0.2) is 0 Å². The lowest BCUT2D eigenvalue weighted by Crippen LogP contribution is -1.88. The van der Waals surface area contributed by atoms with Gasteiger partial charge >= 0.3 is 0 Å². The SMILES string of the molecule is Cc1cc(N)cc(C)c1N=Nc1ccc(O)cc1. The van der Waals surface area contributed by atoms with Gasteiger partial charge in [-0.05, 0) is 61.4 Å². The number of aryl methyl sites for hydroxylation is 2. The Hall–Kier alpha value is -2.36. The number of hydrogen-bond donors (Lipinski definition) is 2. The molecule has 0 aliphatic carbocycles. The van der Waals surface area contributed by atoms with Crippen molar-refractivity contribution in [1.29, 1.82) is 0 Å². The molecular weight excluding hydrogens is 226 g/mol. The lowest BCUT2D eigenvalue weighted by atomic mass is 10.1. The highest BCUT2D eigenvalue weighted by Crippen LogP contribution is 2.28. The minimum absolute atomic E-state index is 0.216. The van der Waals surface area contributed by atoms with Gasteiger partial charge in [0.1, 0.15) is 5.75 Å². The van der Waals surface area contributed by atoms with Gasteiger partial charge in [0.05, 0.1) is 11.4 Å². The summed E-state index contributed by atoms with van der Waals surface area (Å²) in [4.78, 5) is 0. The number of nitrogen functional groups attached to an aromatic ring is 1. The molecule has 0 saturated carbocycles. The van der Waals surface area contributed by atoms with E-state index in [0.717, 1.165) is 22.5 Å². The molecular formula is C14H15N3O. The first-order valence-electron chi connectivity index (χ1n) is 5.64. The fourth-order valence-corrected chi connectivity index (χ4v) is 1.77. The number of anilines is 1. The molecule has 0 aliphatic rings. The molecule has 0 spiro atoms. The molecule has 4 nitrogen and oxygen atoms in total. The molecule has 0 heterocycles. The molecule has 0 atom stereocenters. The van der Waals surface area contributed by atoms with E-state index in [1.165, 1.54) is 0 Å². The first-order chi connectivity index (χ1) is 8.56. The Bertz CT molecular complexity index is 565. The summed E-state index contributed by atoms with van der Waals surface area (Å²) in [5.41, 5.74) is 10.0. The van der Waals surface area contributed by atoms with E-state index in [2.05, 4.69) is 10.2 Å². The van der Waals surface area contributed by atoms with Gasteiger partial charge in [-0.2, -0.15) is 10.2 Å². The summed E-state index contributed by atoms with van der Waals surface area (Å²) in [6, 6.07) is 10.3. The van der Waals surface area contributed by atoms with Crippen LogP contribution in [-0.2, 0) is 0 Å². The number of phenolic OH excluding ortho intramolecular Hbond substituents is 1. The van der Waals surface area contributed by atoms with Gasteiger partial charge in [0.2, 0.25) is 0 Å². The van der Waals surface area contributed by atoms with E-state index in [9.17, 15) is 5.11 Å². The number of rotatable bonds is 2. The van der Waals surface area contributed by atoms with E-state index in [-0.39, 0.29) is 5.75 Å². The molecule has 92 valence electrons. The quantitative estimate of drug-likeness (QED) is 0.616. The third-order valence-corrected chi connectivity index (χ3v) is 2.63. The maximum Gasteiger partial charge on any atom is 0.115 e. The number of hydrogen-bond acceptors (Lipinski definition) is 4. The zero-order valence-electron chi connectivity index (χ0n) is 10.4. The predicted molar refractivity (Wildman–Crippen MR) is 72.6 cm³/mol. The van der Waals surface area contributed by atoms with Crippen LogP contribution in [0.5, 0.6) is 5.75 Å². The minimum Gasteiger partial charge on any atom is -0.508 e. The Balaban J connectivity index is 2.31. The molecule has 3 N–H and O–H groups in total. The number of benzene rings is 2. The molecule has 0 fully saturated rings. The minimum atomic E-state index is 0.216. The molecule has 0 radical (unpaired) electrons. The van der Waals surface area contributed by atoms with Gasteiger partial charge in [-0.3, -0.25) is 0 Å². The van der Waals surface area contributed by atoms with E-state index >= 15 is 0 Å². The highest BCUT2D eigenvalue weighted by atomic mass is 16.3. The number of nitrogens with two attached hydrogens (primary N) is 1. The van der Waals surface area contributed by atoms with Crippen molar-refractivity contribution in [2.45, 2.75) is 13.8 Å². The number of azo groups is 1. The fraction of sp³-hybridized carbons (Fsp3) is 0.143. The van der Waals surface area contributed by atoms with Gasteiger partial charge in [-0.15, -0.1) is 0 Å². The van der Waals surface area contributed by atoms with E-state index < -0.39 is 0 Å². The van der Waals surface area contributed by atoms with Crippen LogP contribution >= 0.6 is 0 Å². The van der Waals surface area contributed by atoms with Crippen LogP contribution in [0.1, 0.15) is 11.1 Å². The topological polar surface area (TPSA) is 71.0 Å².